The summed E-state index contributed by atoms with van der Waals surface area (Å²) in [5.74, 6) is 0.340. The molecule has 1 amide bonds. The quantitative estimate of drug-likeness (QED) is 0.766. The van der Waals surface area contributed by atoms with Crippen molar-refractivity contribution in [3.05, 3.63) is 54.2 Å². The van der Waals surface area contributed by atoms with Crippen LogP contribution < -0.4 is 10.1 Å². The van der Waals surface area contributed by atoms with Gasteiger partial charge in [0, 0.05) is 5.39 Å². The second-order valence-corrected chi connectivity index (χ2v) is 4.27. The summed E-state index contributed by atoms with van der Waals surface area (Å²) in [4.78, 5) is 12.3. The molecule has 3 aromatic rings. The van der Waals surface area contributed by atoms with E-state index >= 15 is 0 Å². The Kier molecular flexibility index (Phi) is 3.09. The Balaban J connectivity index is 1.93. The fourth-order valence-corrected chi connectivity index (χ4v) is 2.07. The van der Waals surface area contributed by atoms with Crippen molar-refractivity contribution in [1.29, 1.82) is 0 Å². The average Bonchev–Trinajstić information content (AvgIpc) is 2.92. The van der Waals surface area contributed by atoms with Crippen LogP contribution in [0.5, 0.6) is 5.75 Å². The van der Waals surface area contributed by atoms with Crippen LogP contribution >= 0.6 is 0 Å². The molecule has 2 aromatic carbocycles. The number of H-pyrrole nitrogens is 1. The molecule has 2 N–H and O–H groups in total. The number of para-hydroxylation sites is 3. The van der Waals surface area contributed by atoms with Gasteiger partial charge in [-0.25, -0.2) is 0 Å². The number of fused-ring (bicyclic) bond motifs is 1. The molecule has 0 atom stereocenters. The molecular formula is C15H13N3O2. The summed E-state index contributed by atoms with van der Waals surface area (Å²) in [5.41, 5.74) is 1.82. The van der Waals surface area contributed by atoms with E-state index in [1.807, 2.05) is 36.4 Å². The van der Waals surface area contributed by atoms with Crippen molar-refractivity contribution < 1.29 is 9.53 Å². The van der Waals surface area contributed by atoms with Gasteiger partial charge >= 0.3 is 0 Å². The molecule has 1 heterocycles. The number of hydrogen-bond acceptors (Lipinski definition) is 3. The molecule has 0 saturated carbocycles. The van der Waals surface area contributed by atoms with Gasteiger partial charge in [-0.3, -0.25) is 9.89 Å². The number of nitrogens with zero attached hydrogens (tertiary/aromatic N) is 1. The number of nitrogens with one attached hydrogen (secondary N) is 2. The largest absolute Gasteiger partial charge is 0.495 e. The fraction of sp³-hybridized carbons (Fsp3) is 0.0667. The molecule has 0 spiro atoms. The molecule has 3 rings (SSSR count). The first-order valence-corrected chi connectivity index (χ1v) is 6.17. The summed E-state index contributed by atoms with van der Waals surface area (Å²) in [7, 11) is 1.56. The SMILES string of the molecule is COc1ccccc1NC(=O)c1n[nH]c2ccccc12. The van der Waals surface area contributed by atoms with Crippen LogP contribution in [0.3, 0.4) is 0 Å². The summed E-state index contributed by atoms with van der Waals surface area (Å²) >= 11 is 0. The van der Waals surface area contributed by atoms with Gasteiger partial charge in [0.1, 0.15) is 5.75 Å². The lowest BCUT2D eigenvalue weighted by atomic mass is 10.2. The molecule has 0 aliphatic heterocycles. The van der Waals surface area contributed by atoms with Crippen LogP contribution in [0.1, 0.15) is 10.5 Å². The highest BCUT2D eigenvalue weighted by Crippen LogP contribution is 2.24. The molecule has 0 unspecified atom stereocenters. The van der Waals surface area contributed by atoms with Gasteiger partial charge < -0.3 is 10.1 Å². The predicted octanol–water partition coefficient (Wildman–Crippen LogP) is 2.82. The fourth-order valence-electron chi connectivity index (χ4n) is 2.07. The summed E-state index contributed by atoms with van der Waals surface area (Å²) in [5, 5.41) is 10.5. The van der Waals surface area contributed by atoms with Gasteiger partial charge in [0.05, 0.1) is 18.3 Å². The Morgan fingerprint density at radius 1 is 1.15 bits per heavy atom. The Hall–Kier alpha value is -2.82. The van der Waals surface area contributed by atoms with Gasteiger partial charge in [0.25, 0.3) is 5.91 Å². The highest BCUT2D eigenvalue weighted by Gasteiger charge is 2.15. The minimum atomic E-state index is -0.271. The third-order valence-corrected chi connectivity index (χ3v) is 3.04. The summed E-state index contributed by atoms with van der Waals surface area (Å²) in [6, 6.07) is 14.8. The second-order valence-electron chi connectivity index (χ2n) is 4.27. The van der Waals surface area contributed by atoms with Crippen LogP contribution in [0, 0.1) is 0 Å². The van der Waals surface area contributed by atoms with Crippen LogP contribution in [0.15, 0.2) is 48.5 Å². The van der Waals surface area contributed by atoms with Crippen molar-refractivity contribution in [3.8, 4) is 5.75 Å². The number of anilines is 1. The number of aromatic nitrogens is 2. The molecule has 0 aliphatic rings. The highest BCUT2D eigenvalue weighted by atomic mass is 16.5. The molecule has 0 fully saturated rings. The molecule has 0 aliphatic carbocycles. The second kappa shape index (κ2) is 5.05. The number of carbonyl (C=O) groups is 1. The van der Waals surface area contributed by atoms with Crippen molar-refractivity contribution in [2.24, 2.45) is 0 Å². The van der Waals surface area contributed by atoms with E-state index in [1.165, 1.54) is 0 Å². The van der Waals surface area contributed by atoms with E-state index in [-0.39, 0.29) is 5.91 Å². The molecule has 100 valence electrons. The van der Waals surface area contributed by atoms with Crippen LogP contribution in [0.2, 0.25) is 0 Å². The lowest BCUT2D eigenvalue weighted by molar-refractivity contribution is 0.102. The van der Waals surface area contributed by atoms with Gasteiger partial charge in [0.15, 0.2) is 5.69 Å². The maximum absolute atomic E-state index is 12.3. The third kappa shape index (κ3) is 2.09. The number of hydrogen-bond donors (Lipinski definition) is 2. The maximum Gasteiger partial charge on any atom is 0.276 e. The first-order valence-electron chi connectivity index (χ1n) is 6.17. The van der Waals surface area contributed by atoms with E-state index in [4.69, 9.17) is 4.74 Å². The molecule has 5 heteroatoms. The molecule has 0 radical (unpaired) electrons. The van der Waals surface area contributed by atoms with E-state index in [1.54, 1.807) is 19.2 Å². The van der Waals surface area contributed by atoms with Crippen LogP contribution in [-0.2, 0) is 0 Å². The summed E-state index contributed by atoms with van der Waals surface area (Å²) < 4.78 is 5.21. The standard InChI is InChI=1S/C15H13N3O2/c1-20-13-9-5-4-8-12(13)16-15(19)14-10-6-2-3-7-11(10)17-18-14/h2-9H,1H3,(H,16,19)(H,17,18). The van der Waals surface area contributed by atoms with Gasteiger partial charge in [-0.2, -0.15) is 5.10 Å². The van der Waals surface area contributed by atoms with Gasteiger partial charge in [-0.05, 0) is 18.2 Å². The third-order valence-electron chi connectivity index (χ3n) is 3.04. The molecule has 1 aromatic heterocycles. The van der Waals surface area contributed by atoms with Crippen molar-refractivity contribution in [2.45, 2.75) is 0 Å². The first-order chi connectivity index (χ1) is 9.79. The van der Waals surface area contributed by atoms with Crippen molar-refractivity contribution >= 4 is 22.5 Å². The minimum absolute atomic E-state index is 0.271. The molecule has 0 bridgehead atoms. The zero-order chi connectivity index (χ0) is 13.9. The minimum Gasteiger partial charge on any atom is -0.495 e. The molecule has 0 saturated heterocycles. The topological polar surface area (TPSA) is 67.0 Å². The Morgan fingerprint density at radius 3 is 2.75 bits per heavy atom. The van der Waals surface area contributed by atoms with E-state index in [9.17, 15) is 4.79 Å². The maximum atomic E-state index is 12.3. The molecular weight excluding hydrogens is 254 g/mol. The summed E-state index contributed by atoms with van der Waals surface area (Å²) in [6.07, 6.45) is 0. The molecule has 5 nitrogen and oxygen atoms in total. The van der Waals surface area contributed by atoms with E-state index in [0.717, 1.165) is 10.9 Å². The van der Waals surface area contributed by atoms with E-state index in [2.05, 4.69) is 15.5 Å². The number of rotatable bonds is 3. The van der Waals surface area contributed by atoms with Gasteiger partial charge in [0.2, 0.25) is 0 Å². The number of amides is 1. The molecule has 20 heavy (non-hydrogen) atoms. The monoisotopic (exact) mass is 267 g/mol. The first kappa shape index (κ1) is 12.2. The zero-order valence-electron chi connectivity index (χ0n) is 10.9. The predicted molar refractivity (Wildman–Crippen MR) is 77.0 cm³/mol. The van der Waals surface area contributed by atoms with E-state index in [0.29, 0.717) is 17.1 Å². The van der Waals surface area contributed by atoms with Gasteiger partial charge in [-0.15, -0.1) is 0 Å². The van der Waals surface area contributed by atoms with Gasteiger partial charge in [-0.1, -0.05) is 30.3 Å². The van der Waals surface area contributed by atoms with Crippen molar-refractivity contribution in [3.63, 3.8) is 0 Å². The number of methoxy groups -OCH3 is 1. The van der Waals surface area contributed by atoms with Crippen LogP contribution in [-0.4, -0.2) is 23.2 Å². The highest BCUT2D eigenvalue weighted by molar-refractivity contribution is 6.11. The van der Waals surface area contributed by atoms with Crippen molar-refractivity contribution in [1.82, 2.24) is 10.2 Å². The number of carbonyl (C=O) groups excluding carboxylic acids is 1. The van der Waals surface area contributed by atoms with Crippen LogP contribution in [0.25, 0.3) is 10.9 Å². The Bertz CT molecular complexity index is 764. The number of ether oxygens (including phenoxy) is 1. The lowest BCUT2D eigenvalue weighted by Crippen LogP contribution is -2.13. The Morgan fingerprint density at radius 2 is 1.90 bits per heavy atom. The smallest absolute Gasteiger partial charge is 0.276 e. The number of benzene rings is 2. The summed E-state index contributed by atoms with van der Waals surface area (Å²) in [6.45, 7) is 0. The zero-order valence-corrected chi connectivity index (χ0v) is 10.9. The van der Waals surface area contributed by atoms with E-state index < -0.39 is 0 Å². The average molecular weight is 267 g/mol. The normalized spacial score (nSPS) is 10.4. The van der Waals surface area contributed by atoms with Crippen LogP contribution in [0.4, 0.5) is 5.69 Å². The van der Waals surface area contributed by atoms with Crippen molar-refractivity contribution in [2.75, 3.05) is 12.4 Å². The number of aromatic amines is 1. The lowest BCUT2D eigenvalue weighted by Gasteiger charge is -2.08. The Labute approximate surface area is 115 Å².